The summed E-state index contributed by atoms with van der Waals surface area (Å²) in [4.78, 5) is 13.8. The normalized spacial score (nSPS) is 22.0. The molecule has 112 valence electrons. The molecule has 2 fully saturated rings. The number of carbonyl (C=O) groups is 1. The molecule has 0 bridgehead atoms. The summed E-state index contributed by atoms with van der Waals surface area (Å²) in [6.45, 7) is 5.19. The second-order valence-corrected chi connectivity index (χ2v) is 6.68. The van der Waals surface area contributed by atoms with Crippen LogP contribution in [0.2, 0.25) is 0 Å². The smallest absolute Gasteiger partial charge is 0.310 e. The second kappa shape index (κ2) is 5.51. The maximum Gasteiger partial charge on any atom is 0.323 e. The molecule has 1 aromatic carbocycles. The average molecular weight is 285 g/mol. The van der Waals surface area contributed by atoms with Crippen LogP contribution >= 0.6 is 0 Å². The zero-order chi connectivity index (χ0) is 15.0. The lowest BCUT2D eigenvalue weighted by molar-refractivity contribution is 0.203. The highest BCUT2D eigenvalue weighted by Gasteiger charge is 2.39. The fraction of sp³-hybridized carbons (Fsp3) is 0.529. The Morgan fingerprint density at radius 2 is 1.95 bits per heavy atom. The Morgan fingerprint density at radius 3 is 2.52 bits per heavy atom. The van der Waals surface area contributed by atoms with E-state index in [4.69, 9.17) is 5.41 Å². The molecule has 4 heteroatoms. The molecule has 2 amide bonds. The lowest BCUT2D eigenvalue weighted by Crippen LogP contribution is -2.31. The van der Waals surface area contributed by atoms with Crippen molar-refractivity contribution in [1.82, 2.24) is 10.2 Å². The third-order valence-corrected chi connectivity index (χ3v) is 4.18. The predicted octanol–water partition coefficient (Wildman–Crippen LogP) is 3.34. The number of nitrogens with one attached hydrogen (secondary N) is 2. The first-order valence-corrected chi connectivity index (χ1v) is 7.79. The number of amides is 2. The fourth-order valence-corrected chi connectivity index (χ4v) is 2.95. The highest BCUT2D eigenvalue weighted by molar-refractivity contribution is 6.06. The van der Waals surface area contributed by atoms with Crippen LogP contribution in [0.5, 0.6) is 0 Å². The molecule has 1 saturated carbocycles. The first-order chi connectivity index (χ1) is 10.0. The molecule has 1 saturated heterocycles. The van der Waals surface area contributed by atoms with Gasteiger partial charge in [0.1, 0.15) is 11.9 Å². The highest BCUT2D eigenvalue weighted by Crippen LogP contribution is 2.35. The number of hydrogen-bond acceptors (Lipinski definition) is 2. The quantitative estimate of drug-likeness (QED) is 0.856. The van der Waals surface area contributed by atoms with Crippen LogP contribution in [0.25, 0.3) is 0 Å². The highest BCUT2D eigenvalue weighted by atomic mass is 16.2. The third-order valence-electron chi connectivity index (χ3n) is 4.18. The van der Waals surface area contributed by atoms with Crippen molar-refractivity contribution in [2.75, 3.05) is 6.54 Å². The molecule has 2 aliphatic rings. The summed E-state index contributed by atoms with van der Waals surface area (Å²) in [6.07, 6.45) is 3.47. The Kier molecular flexibility index (Phi) is 3.70. The lowest BCUT2D eigenvalue weighted by atomic mass is 9.99. The Balaban J connectivity index is 1.79. The Morgan fingerprint density at radius 1 is 1.29 bits per heavy atom. The standard InChI is InChI=1S/C17H23N3O/c1-11(2)9-12-5-7-14(8-6-12)15-16(18)19-17(21)20(15)10-13-3-4-13/h5-8,11,13,15H,3-4,9-10H2,1-2H3,(H2,18,19,21). The molecule has 0 radical (unpaired) electrons. The van der Waals surface area contributed by atoms with Crippen molar-refractivity contribution in [2.45, 2.75) is 39.2 Å². The summed E-state index contributed by atoms with van der Waals surface area (Å²) in [7, 11) is 0. The lowest BCUT2D eigenvalue weighted by Gasteiger charge is -2.23. The number of carbonyl (C=O) groups excluding carboxylic acids is 1. The van der Waals surface area contributed by atoms with Gasteiger partial charge >= 0.3 is 6.03 Å². The summed E-state index contributed by atoms with van der Waals surface area (Å²) in [5.74, 6) is 1.57. The predicted molar refractivity (Wildman–Crippen MR) is 83.4 cm³/mol. The van der Waals surface area contributed by atoms with Gasteiger partial charge in [-0.1, -0.05) is 38.1 Å². The number of amidine groups is 1. The molecule has 0 spiro atoms. The minimum atomic E-state index is -0.230. The van der Waals surface area contributed by atoms with Crippen LogP contribution in [0.3, 0.4) is 0 Å². The van der Waals surface area contributed by atoms with E-state index >= 15 is 0 Å². The molecule has 1 aliphatic carbocycles. The largest absolute Gasteiger partial charge is 0.323 e. The number of benzene rings is 1. The van der Waals surface area contributed by atoms with Gasteiger partial charge in [0.25, 0.3) is 0 Å². The van der Waals surface area contributed by atoms with Crippen molar-refractivity contribution in [3.63, 3.8) is 0 Å². The van der Waals surface area contributed by atoms with Crippen molar-refractivity contribution < 1.29 is 4.79 Å². The third kappa shape index (κ3) is 3.09. The number of urea groups is 1. The van der Waals surface area contributed by atoms with Crippen LogP contribution in [-0.4, -0.2) is 23.3 Å². The second-order valence-electron chi connectivity index (χ2n) is 6.68. The van der Waals surface area contributed by atoms with Gasteiger partial charge in [-0.25, -0.2) is 4.79 Å². The van der Waals surface area contributed by atoms with E-state index in [1.807, 2.05) is 4.90 Å². The summed E-state index contributed by atoms with van der Waals surface area (Å²) < 4.78 is 0. The van der Waals surface area contributed by atoms with Crippen LogP contribution < -0.4 is 5.32 Å². The molecule has 1 aromatic rings. The molecule has 3 rings (SSSR count). The van der Waals surface area contributed by atoms with E-state index in [1.54, 1.807) is 0 Å². The van der Waals surface area contributed by atoms with E-state index in [1.165, 1.54) is 18.4 Å². The average Bonchev–Trinajstić information content (AvgIpc) is 3.18. The van der Waals surface area contributed by atoms with Gasteiger partial charge in [-0.2, -0.15) is 0 Å². The Hall–Kier alpha value is -1.84. The van der Waals surface area contributed by atoms with Gasteiger partial charge in [0.05, 0.1) is 0 Å². The molecule has 1 atom stereocenters. The van der Waals surface area contributed by atoms with Crippen LogP contribution in [0.15, 0.2) is 24.3 Å². The van der Waals surface area contributed by atoms with Crippen LogP contribution in [0.1, 0.15) is 43.9 Å². The SMILES string of the molecule is CC(C)Cc1ccc(C2C(=N)NC(=O)N2CC2CC2)cc1. The molecule has 1 aliphatic heterocycles. The van der Waals surface area contributed by atoms with E-state index in [0.717, 1.165) is 18.5 Å². The molecule has 21 heavy (non-hydrogen) atoms. The van der Waals surface area contributed by atoms with E-state index in [0.29, 0.717) is 17.7 Å². The molecule has 2 N–H and O–H groups in total. The number of hydrogen-bond donors (Lipinski definition) is 2. The summed E-state index contributed by atoms with van der Waals surface area (Å²) in [6, 6.07) is 8.03. The van der Waals surface area contributed by atoms with Crippen molar-refractivity contribution in [2.24, 2.45) is 11.8 Å². The minimum Gasteiger partial charge on any atom is -0.310 e. The van der Waals surface area contributed by atoms with E-state index < -0.39 is 0 Å². The topological polar surface area (TPSA) is 56.2 Å². The van der Waals surface area contributed by atoms with Crippen LogP contribution in [0.4, 0.5) is 4.79 Å². The van der Waals surface area contributed by atoms with E-state index in [2.05, 4.69) is 43.4 Å². The summed E-state index contributed by atoms with van der Waals surface area (Å²) >= 11 is 0. The maximum atomic E-state index is 12.0. The van der Waals surface area contributed by atoms with Gasteiger partial charge < -0.3 is 4.90 Å². The molecule has 4 nitrogen and oxygen atoms in total. The summed E-state index contributed by atoms with van der Waals surface area (Å²) in [5.41, 5.74) is 2.35. The zero-order valence-corrected chi connectivity index (χ0v) is 12.7. The Labute approximate surface area is 126 Å². The van der Waals surface area contributed by atoms with Gasteiger partial charge in [0, 0.05) is 6.54 Å². The minimum absolute atomic E-state index is 0.122. The molecule has 1 heterocycles. The van der Waals surface area contributed by atoms with E-state index in [-0.39, 0.29) is 12.1 Å². The van der Waals surface area contributed by atoms with Crippen molar-refractivity contribution >= 4 is 11.9 Å². The van der Waals surface area contributed by atoms with Crippen LogP contribution in [0, 0.1) is 17.2 Å². The molecular weight excluding hydrogens is 262 g/mol. The van der Waals surface area contributed by atoms with Gasteiger partial charge in [0.15, 0.2) is 0 Å². The molecular formula is C17H23N3O. The first-order valence-electron chi connectivity index (χ1n) is 7.79. The van der Waals surface area contributed by atoms with Gasteiger partial charge in [0.2, 0.25) is 0 Å². The molecule has 0 aromatic heterocycles. The van der Waals surface area contributed by atoms with Crippen LogP contribution in [-0.2, 0) is 6.42 Å². The van der Waals surface area contributed by atoms with Gasteiger partial charge in [-0.05, 0) is 42.2 Å². The first kappa shape index (κ1) is 14.1. The van der Waals surface area contributed by atoms with E-state index in [9.17, 15) is 4.79 Å². The van der Waals surface area contributed by atoms with Gasteiger partial charge in [-0.3, -0.25) is 10.7 Å². The Bertz CT molecular complexity index is 546. The van der Waals surface area contributed by atoms with Gasteiger partial charge in [-0.15, -0.1) is 0 Å². The number of rotatable bonds is 5. The molecule has 1 unspecified atom stereocenters. The fourth-order valence-electron chi connectivity index (χ4n) is 2.95. The monoisotopic (exact) mass is 285 g/mol. The maximum absolute atomic E-state index is 12.0. The zero-order valence-electron chi connectivity index (χ0n) is 12.7. The number of nitrogens with zero attached hydrogens (tertiary/aromatic N) is 1. The van der Waals surface area contributed by atoms with Crippen molar-refractivity contribution in [3.05, 3.63) is 35.4 Å². The summed E-state index contributed by atoms with van der Waals surface area (Å²) in [5, 5.41) is 10.7. The van der Waals surface area contributed by atoms with Crippen molar-refractivity contribution in [1.29, 1.82) is 5.41 Å². The van der Waals surface area contributed by atoms with Crippen molar-refractivity contribution in [3.8, 4) is 0 Å².